The van der Waals surface area contributed by atoms with Gasteiger partial charge in [0.25, 0.3) is 5.92 Å². The second-order valence-electron chi connectivity index (χ2n) is 6.26. The molecule has 0 aromatic carbocycles. The van der Waals surface area contributed by atoms with E-state index in [1.165, 1.54) is 6.92 Å². The average Bonchev–Trinajstić information content (AvgIpc) is 2.51. The quantitative estimate of drug-likeness (QED) is 0.413. The number of halogens is 5. The van der Waals surface area contributed by atoms with Crippen molar-refractivity contribution >= 4 is 12.6 Å². The minimum absolute atomic E-state index is 0.121. The maximum atomic E-state index is 13.6. The zero-order chi connectivity index (χ0) is 20.0. The van der Waals surface area contributed by atoms with Crippen molar-refractivity contribution in [2.24, 2.45) is 10.9 Å². The molecule has 0 radical (unpaired) electrons. The van der Waals surface area contributed by atoms with Crippen molar-refractivity contribution in [3.8, 4) is 0 Å². The molecule has 1 fully saturated rings. The Bertz CT molecular complexity index is 569. The number of amides is 1. The van der Waals surface area contributed by atoms with Gasteiger partial charge in [-0.1, -0.05) is 19.9 Å². The number of hydrogen-bond donors (Lipinski definition) is 1. The molecule has 9 heteroatoms. The minimum Gasteiger partial charge on any atom is -0.368 e. The Kier molecular flexibility index (Phi) is 7.77. The third-order valence-electron chi connectivity index (χ3n) is 4.12. The summed E-state index contributed by atoms with van der Waals surface area (Å²) in [7, 11) is 0. The zero-order valence-corrected chi connectivity index (χ0v) is 15.0. The molecule has 148 valence electrons. The highest BCUT2D eigenvalue weighted by molar-refractivity contribution is 5.80. The molecule has 1 rings (SSSR count). The maximum Gasteiger partial charge on any atom is 0.417 e. The topological polar surface area (TPSA) is 44.7 Å². The van der Waals surface area contributed by atoms with E-state index in [-0.39, 0.29) is 18.8 Å². The summed E-state index contributed by atoms with van der Waals surface area (Å²) in [5.41, 5.74) is -0.888. The number of nitrogens with zero attached hydrogens (tertiary/aromatic N) is 2. The van der Waals surface area contributed by atoms with Crippen molar-refractivity contribution in [2.45, 2.75) is 51.8 Å². The van der Waals surface area contributed by atoms with Crippen LogP contribution in [0.3, 0.4) is 0 Å². The summed E-state index contributed by atoms with van der Waals surface area (Å²) in [6.07, 6.45) is -0.745. The van der Waals surface area contributed by atoms with E-state index in [2.05, 4.69) is 10.3 Å². The van der Waals surface area contributed by atoms with Crippen LogP contribution in [0.1, 0.15) is 33.6 Å². The molecule has 1 aliphatic heterocycles. The third-order valence-corrected chi connectivity index (χ3v) is 4.12. The molecule has 4 nitrogen and oxygen atoms in total. The van der Waals surface area contributed by atoms with Gasteiger partial charge in [-0.25, -0.2) is 13.8 Å². The summed E-state index contributed by atoms with van der Waals surface area (Å²) in [5, 5.41) is 2.87. The summed E-state index contributed by atoms with van der Waals surface area (Å²) < 4.78 is 65.4. The molecule has 0 saturated carbocycles. The SMILES string of the molecule is C\C=C(/C=N/C(=C/CC)NC[C@@H]1C(C)CC(F)(F)CN1C=O)C(F)(F)F. The van der Waals surface area contributed by atoms with Gasteiger partial charge in [-0.05, 0) is 25.3 Å². The molecule has 1 amide bonds. The van der Waals surface area contributed by atoms with E-state index >= 15 is 0 Å². The van der Waals surface area contributed by atoms with Crippen LogP contribution >= 0.6 is 0 Å². The predicted octanol–water partition coefficient (Wildman–Crippen LogP) is 3.91. The molecule has 26 heavy (non-hydrogen) atoms. The Morgan fingerprint density at radius 3 is 2.54 bits per heavy atom. The number of alkyl halides is 5. The monoisotopic (exact) mass is 381 g/mol. The van der Waals surface area contributed by atoms with Gasteiger partial charge < -0.3 is 10.2 Å². The van der Waals surface area contributed by atoms with E-state index in [1.54, 1.807) is 19.9 Å². The van der Waals surface area contributed by atoms with Gasteiger partial charge in [0, 0.05) is 19.2 Å². The first-order valence-electron chi connectivity index (χ1n) is 8.34. The molecule has 0 bridgehead atoms. The average molecular weight is 381 g/mol. The molecule has 0 spiro atoms. The van der Waals surface area contributed by atoms with Gasteiger partial charge >= 0.3 is 6.18 Å². The van der Waals surface area contributed by atoms with Crippen molar-refractivity contribution in [3.63, 3.8) is 0 Å². The van der Waals surface area contributed by atoms with E-state index in [0.29, 0.717) is 19.0 Å². The smallest absolute Gasteiger partial charge is 0.368 e. The van der Waals surface area contributed by atoms with Crippen molar-refractivity contribution < 1.29 is 26.7 Å². The molecule has 0 aromatic rings. The van der Waals surface area contributed by atoms with E-state index in [0.717, 1.165) is 11.0 Å². The van der Waals surface area contributed by atoms with Gasteiger partial charge in [0.2, 0.25) is 6.41 Å². The summed E-state index contributed by atoms with van der Waals surface area (Å²) in [5.74, 6) is -3.21. The first kappa shape index (κ1) is 22.1. The van der Waals surface area contributed by atoms with Crippen LogP contribution in [0.25, 0.3) is 0 Å². The molecule has 0 aromatic heterocycles. The highest BCUT2D eigenvalue weighted by Crippen LogP contribution is 2.33. The van der Waals surface area contributed by atoms with Gasteiger partial charge in [-0.2, -0.15) is 13.2 Å². The number of allylic oxidation sites excluding steroid dienone is 3. The van der Waals surface area contributed by atoms with Crippen LogP contribution in [0.2, 0.25) is 0 Å². The fraction of sp³-hybridized carbons (Fsp3) is 0.647. The number of hydrogen-bond acceptors (Lipinski definition) is 3. The first-order valence-corrected chi connectivity index (χ1v) is 8.34. The van der Waals surface area contributed by atoms with Crippen molar-refractivity contribution in [3.05, 3.63) is 23.5 Å². The number of piperidine rings is 1. The third kappa shape index (κ3) is 6.42. The lowest BCUT2D eigenvalue weighted by molar-refractivity contribution is -0.140. The number of carbonyl (C=O) groups excluding carboxylic acids is 1. The van der Waals surface area contributed by atoms with E-state index in [1.807, 2.05) is 0 Å². The molecule has 0 aliphatic carbocycles. The van der Waals surface area contributed by atoms with E-state index in [4.69, 9.17) is 0 Å². The Labute approximate surface area is 149 Å². The molecule has 1 N–H and O–H groups in total. The van der Waals surface area contributed by atoms with Crippen molar-refractivity contribution in [1.29, 1.82) is 0 Å². The zero-order valence-electron chi connectivity index (χ0n) is 15.0. The molecule has 1 aliphatic rings. The minimum atomic E-state index is -4.51. The predicted molar refractivity (Wildman–Crippen MR) is 90.0 cm³/mol. The van der Waals surface area contributed by atoms with Crippen LogP contribution in [-0.4, -0.2) is 48.8 Å². The van der Waals surface area contributed by atoms with E-state index in [9.17, 15) is 26.7 Å². The fourth-order valence-corrected chi connectivity index (χ4v) is 2.84. The lowest BCUT2D eigenvalue weighted by Crippen LogP contribution is -2.55. The summed E-state index contributed by atoms with van der Waals surface area (Å²) in [6, 6.07) is -0.494. The van der Waals surface area contributed by atoms with Gasteiger partial charge in [0.05, 0.1) is 18.2 Å². The Hall–Kier alpha value is -1.93. The van der Waals surface area contributed by atoms with Gasteiger partial charge in [0.1, 0.15) is 5.82 Å². The van der Waals surface area contributed by atoms with Crippen LogP contribution in [0.4, 0.5) is 22.0 Å². The number of aliphatic imine (C=N–C) groups is 1. The lowest BCUT2D eigenvalue weighted by atomic mass is 9.89. The molecular formula is C17H24F5N3O. The number of carbonyl (C=O) groups is 1. The largest absolute Gasteiger partial charge is 0.417 e. The molecule has 1 saturated heterocycles. The summed E-state index contributed by atoms with van der Waals surface area (Å²) >= 11 is 0. The highest BCUT2D eigenvalue weighted by atomic mass is 19.4. The Morgan fingerprint density at radius 2 is 2.04 bits per heavy atom. The van der Waals surface area contributed by atoms with Gasteiger partial charge in [0.15, 0.2) is 0 Å². The standard InChI is InChI=1S/C17H24F5N3O/c1-4-6-15(23-8-13(5-2)17(20,21)22)24-9-14-12(3)7-16(18,19)10-25(14)11-26/h5-6,8,11-12,14,24H,4,7,9-10H2,1-3H3/b13-5+,15-6-,23-8+/t12?,14-/m1/s1. The fourth-order valence-electron chi connectivity index (χ4n) is 2.84. The molecule has 2 atom stereocenters. The Morgan fingerprint density at radius 1 is 1.38 bits per heavy atom. The maximum absolute atomic E-state index is 13.6. The second kappa shape index (κ2) is 9.14. The summed E-state index contributed by atoms with van der Waals surface area (Å²) in [4.78, 5) is 16.0. The van der Waals surface area contributed by atoms with Crippen LogP contribution in [-0.2, 0) is 4.79 Å². The molecular weight excluding hydrogens is 357 g/mol. The van der Waals surface area contributed by atoms with Crippen molar-refractivity contribution in [2.75, 3.05) is 13.1 Å². The molecule has 1 heterocycles. The van der Waals surface area contributed by atoms with Crippen LogP contribution in [0.15, 0.2) is 28.5 Å². The van der Waals surface area contributed by atoms with Gasteiger partial charge in [-0.15, -0.1) is 0 Å². The van der Waals surface area contributed by atoms with Crippen molar-refractivity contribution in [1.82, 2.24) is 10.2 Å². The number of likely N-dealkylation sites (tertiary alicyclic amines) is 1. The van der Waals surface area contributed by atoms with E-state index < -0.39 is 36.2 Å². The highest BCUT2D eigenvalue weighted by Gasteiger charge is 2.43. The van der Waals surface area contributed by atoms with Gasteiger partial charge in [-0.3, -0.25) is 4.79 Å². The van der Waals surface area contributed by atoms with Crippen LogP contribution < -0.4 is 5.32 Å². The Balaban J connectivity index is 2.83. The second-order valence-corrected chi connectivity index (χ2v) is 6.26. The summed E-state index contributed by atoms with van der Waals surface area (Å²) in [6.45, 7) is 4.12. The normalized spacial score (nSPS) is 24.8. The lowest BCUT2D eigenvalue weighted by Gasteiger charge is -2.41. The first-order chi connectivity index (χ1) is 12.0. The number of rotatable bonds is 7. The van der Waals surface area contributed by atoms with Crippen LogP contribution in [0, 0.1) is 5.92 Å². The number of nitrogens with one attached hydrogen (secondary N) is 1. The van der Waals surface area contributed by atoms with Crippen LogP contribution in [0.5, 0.6) is 0 Å². The molecule has 1 unspecified atom stereocenters.